The fourth-order valence-electron chi connectivity index (χ4n) is 4.34. The number of fused-ring (bicyclic) bond motifs is 1. The molecule has 3 aromatic rings. The lowest BCUT2D eigenvalue weighted by Crippen LogP contribution is -2.35. The summed E-state index contributed by atoms with van der Waals surface area (Å²) in [5, 5.41) is 9.65. The van der Waals surface area contributed by atoms with Gasteiger partial charge in [0.25, 0.3) is 0 Å². The van der Waals surface area contributed by atoms with E-state index in [2.05, 4.69) is 43.2 Å². The molecule has 1 unspecified atom stereocenters. The first-order chi connectivity index (χ1) is 14.2. The highest BCUT2D eigenvalue weighted by Crippen LogP contribution is 2.28. The normalized spacial score (nSPS) is 21.2. The van der Waals surface area contributed by atoms with Crippen LogP contribution in [0.25, 0.3) is 4.96 Å². The fourth-order valence-corrected chi connectivity index (χ4v) is 5.12. The summed E-state index contributed by atoms with van der Waals surface area (Å²) >= 11 is 1.68. The van der Waals surface area contributed by atoms with Crippen molar-refractivity contribution in [3.63, 3.8) is 0 Å². The maximum atomic E-state index is 12.4. The van der Waals surface area contributed by atoms with E-state index in [9.17, 15) is 4.79 Å². The van der Waals surface area contributed by atoms with Crippen molar-refractivity contribution in [1.29, 1.82) is 0 Å². The van der Waals surface area contributed by atoms with Crippen molar-refractivity contribution in [2.24, 2.45) is 5.92 Å². The van der Waals surface area contributed by atoms with Gasteiger partial charge in [-0.3, -0.25) is 14.1 Å². The van der Waals surface area contributed by atoms with Crippen molar-refractivity contribution >= 4 is 28.0 Å². The first kappa shape index (κ1) is 18.8. The van der Waals surface area contributed by atoms with Crippen LogP contribution in [0.4, 0.5) is 5.82 Å². The molecule has 0 bridgehead atoms. The van der Waals surface area contributed by atoms with Gasteiger partial charge in [0.2, 0.25) is 5.91 Å². The van der Waals surface area contributed by atoms with Gasteiger partial charge in [0.15, 0.2) is 4.96 Å². The summed E-state index contributed by atoms with van der Waals surface area (Å²) in [5.41, 5.74) is 2.40. The molecule has 29 heavy (non-hydrogen) atoms. The topological polar surface area (TPSA) is 76.7 Å². The number of thiazole rings is 1. The van der Waals surface area contributed by atoms with Crippen LogP contribution >= 0.6 is 11.3 Å². The molecule has 5 rings (SSSR count). The predicted molar refractivity (Wildman–Crippen MR) is 111 cm³/mol. The van der Waals surface area contributed by atoms with E-state index >= 15 is 0 Å². The second kappa shape index (κ2) is 7.89. The Morgan fingerprint density at radius 2 is 2.21 bits per heavy atom. The van der Waals surface area contributed by atoms with E-state index in [1.54, 1.807) is 17.5 Å². The molecule has 3 aromatic heterocycles. The van der Waals surface area contributed by atoms with Gasteiger partial charge >= 0.3 is 0 Å². The molecule has 2 fully saturated rings. The molecule has 1 amide bonds. The minimum Gasteiger partial charge on any atom is -0.381 e. The molecular formula is C20H26N6O2S. The summed E-state index contributed by atoms with van der Waals surface area (Å²) in [6, 6.07) is 2.20. The van der Waals surface area contributed by atoms with Gasteiger partial charge in [0, 0.05) is 43.9 Å². The number of hydrogen-bond acceptors (Lipinski definition) is 6. The largest absolute Gasteiger partial charge is 0.381 e. The molecule has 0 aliphatic carbocycles. The number of imidazole rings is 1. The van der Waals surface area contributed by atoms with Gasteiger partial charge in [-0.15, -0.1) is 11.3 Å². The highest BCUT2D eigenvalue weighted by molar-refractivity contribution is 7.15. The first-order valence-electron chi connectivity index (χ1n) is 10.2. The monoisotopic (exact) mass is 414 g/mol. The molecule has 8 nitrogen and oxygen atoms in total. The van der Waals surface area contributed by atoms with E-state index in [0.717, 1.165) is 55.4 Å². The molecule has 0 saturated carbocycles. The van der Waals surface area contributed by atoms with Crippen molar-refractivity contribution < 1.29 is 9.53 Å². The first-order valence-corrected chi connectivity index (χ1v) is 11.1. The molecule has 1 N–H and O–H groups in total. The van der Waals surface area contributed by atoms with Crippen molar-refractivity contribution in [3.8, 4) is 0 Å². The number of aromatic nitrogens is 4. The molecule has 2 aliphatic rings. The number of carbonyl (C=O) groups is 1. The zero-order valence-corrected chi connectivity index (χ0v) is 17.4. The molecule has 1 atom stereocenters. The second-order valence-corrected chi connectivity index (χ2v) is 8.79. The van der Waals surface area contributed by atoms with Gasteiger partial charge in [-0.1, -0.05) is 0 Å². The van der Waals surface area contributed by atoms with Crippen molar-refractivity contribution in [1.82, 2.24) is 24.1 Å². The number of aryl methyl sites for hydroxylation is 1. The van der Waals surface area contributed by atoms with E-state index < -0.39 is 0 Å². The number of ether oxygens (including phenoxy) is 1. The number of nitrogens with one attached hydrogen (secondary N) is 1. The second-order valence-electron chi connectivity index (χ2n) is 7.92. The predicted octanol–water partition coefficient (Wildman–Crippen LogP) is 2.71. The van der Waals surface area contributed by atoms with Crippen LogP contribution < -0.4 is 5.32 Å². The van der Waals surface area contributed by atoms with E-state index in [1.165, 1.54) is 5.69 Å². The third kappa shape index (κ3) is 3.70. The van der Waals surface area contributed by atoms with Gasteiger partial charge < -0.3 is 10.1 Å². The molecule has 5 heterocycles. The quantitative estimate of drug-likeness (QED) is 0.695. The Morgan fingerprint density at radius 3 is 3.00 bits per heavy atom. The summed E-state index contributed by atoms with van der Waals surface area (Å²) in [6.07, 6.45) is 6.71. The summed E-state index contributed by atoms with van der Waals surface area (Å²) in [6.45, 7) is 6.21. The number of carbonyl (C=O) groups excluding carboxylic acids is 1. The average molecular weight is 415 g/mol. The number of likely N-dealkylation sites (tertiary alicyclic amines) is 1. The van der Waals surface area contributed by atoms with Crippen LogP contribution in [0.3, 0.4) is 0 Å². The van der Waals surface area contributed by atoms with Gasteiger partial charge in [-0.2, -0.15) is 5.10 Å². The van der Waals surface area contributed by atoms with Crippen molar-refractivity contribution in [2.45, 2.75) is 38.8 Å². The Hall–Kier alpha value is -2.23. The van der Waals surface area contributed by atoms with Crippen LogP contribution in [-0.4, -0.2) is 56.3 Å². The Balaban J connectivity index is 1.21. The molecule has 0 radical (unpaired) electrons. The summed E-state index contributed by atoms with van der Waals surface area (Å²) in [5.74, 6) is 0.790. The molecular weight excluding hydrogens is 388 g/mol. The van der Waals surface area contributed by atoms with Gasteiger partial charge in [-0.25, -0.2) is 9.67 Å². The maximum absolute atomic E-state index is 12.4. The minimum atomic E-state index is -0.0481. The van der Waals surface area contributed by atoms with Crippen LogP contribution in [0.15, 0.2) is 23.8 Å². The maximum Gasteiger partial charge on any atom is 0.231 e. The lowest BCUT2D eigenvalue weighted by Gasteiger charge is -2.32. The number of anilines is 1. The lowest BCUT2D eigenvalue weighted by atomic mass is 10.0. The van der Waals surface area contributed by atoms with Crippen LogP contribution in [0.2, 0.25) is 0 Å². The van der Waals surface area contributed by atoms with Crippen LogP contribution in [0.5, 0.6) is 0 Å². The summed E-state index contributed by atoms with van der Waals surface area (Å²) < 4.78 is 9.53. The summed E-state index contributed by atoms with van der Waals surface area (Å²) in [4.78, 5) is 20.7. The highest BCUT2D eigenvalue weighted by atomic mass is 32.1. The van der Waals surface area contributed by atoms with Crippen molar-refractivity contribution in [3.05, 3.63) is 35.2 Å². The molecule has 0 spiro atoms. The molecule has 154 valence electrons. The molecule has 0 aromatic carbocycles. The number of piperidine rings is 1. The van der Waals surface area contributed by atoms with E-state index in [4.69, 9.17) is 4.74 Å². The third-order valence-electron chi connectivity index (χ3n) is 6.06. The summed E-state index contributed by atoms with van der Waals surface area (Å²) in [7, 11) is 0. The molecule has 2 aliphatic heterocycles. The van der Waals surface area contributed by atoms with Gasteiger partial charge in [0.05, 0.1) is 36.2 Å². The number of rotatable bonds is 5. The zero-order chi connectivity index (χ0) is 19.8. The Bertz CT molecular complexity index is 994. The third-order valence-corrected chi connectivity index (χ3v) is 6.82. The number of amides is 1. The van der Waals surface area contributed by atoms with Gasteiger partial charge in [0.1, 0.15) is 5.82 Å². The Morgan fingerprint density at radius 1 is 1.34 bits per heavy atom. The van der Waals surface area contributed by atoms with Crippen LogP contribution in [-0.2, 0) is 16.1 Å². The van der Waals surface area contributed by atoms with Crippen LogP contribution in [0.1, 0.15) is 36.7 Å². The van der Waals surface area contributed by atoms with Crippen molar-refractivity contribution in [2.75, 3.05) is 31.6 Å². The lowest BCUT2D eigenvalue weighted by molar-refractivity contribution is -0.119. The Kier molecular flexibility index (Phi) is 5.11. The number of hydrogen-bond donors (Lipinski definition) is 1. The Labute approximate surface area is 173 Å². The highest BCUT2D eigenvalue weighted by Gasteiger charge is 2.27. The van der Waals surface area contributed by atoms with Gasteiger partial charge in [-0.05, 0) is 26.2 Å². The standard InChI is InChI=1S/C20H26N6O2S/c1-14-17(25-9-11-29-20(25)22-14)12-24-7-3-16(4-8-24)26-18(2-6-21-26)23-19(27)15-5-10-28-13-15/h2,6,9,11,15-16H,3-5,7-8,10,12-13H2,1H3,(H,23,27). The molecule has 2 saturated heterocycles. The van der Waals surface area contributed by atoms with E-state index in [0.29, 0.717) is 19.3 Å². The molecule has 9 heteroatoms. The van der Waals surface area contributed by atoms with E-state index in [1.807, 2.05) is 10.7 Å². The average Bonchev–Trinajstić information content (AvgIpc) is 3.50. The smallest absolute Gasteiger partial charge is 0.231 e. The van der Waals surface area contributed by atoms with Crippen LogP contribution in [0, 0.1) is 12.8 Å². The van der Waals surface area contributed by atoms with E-state index in [-0.39, 0.29) is 11.8 Å². The zero-order valence-electron chi connectivity index (χ0n) is 16.6. The minimum absolute atomic E-state index is 0.0395. The number of nitrogens with zero attached hydrogens (tertiary/aromatic N) is 5. The SMILES string of the molecule is Cc1nc2sccn2c1CN1CCC(n2nccc2NC(=O)C2CCOC2)CC1. The fraction of sp³-hybridized carbons (Fsp3) is 0.550.